The van der Waals surface area contributed by atoms with E-state index in [0.29, 0.717) is 16.7 Å². The average Bonchev–Trinajstić information content (AvgIpc) is 1.82. The molecular weight excluding hydrogens is 173 g/mol. The molecule has 5 heteroatoms. The van der Waals surface area contributed by atoms with E-state index in [1.54, 1.807) is 13.8 Å². The number of hydrogen-bond donors (Lipinski definition) is 1. The van der Waals surface area contributed by atoms with Crippen LogP contribution in [-0.2, 0) is 0 Å². The maximum atomic E-state index is 5.70. The van der Waals surface area contributed by atoms with Gasteiger partial charge in [-0.05, 0) is 13.8 Å². The van der Waals surface area contributed by atoms with E-state index in [1.807, 2.05) is 0 Å². The van der Waals surface area contributed by atoms with Gasteiger partial charge in [-0.15, -0.1) is 0 Å². The molecule has 1 aromatic rings. The van der Waals surface area contributed by atoms with Crippen molar-refractivity contribution in [2.24, 2.45) is 0 Å². The molecule has 11 heavy (non-hydrogen) atoms. The third-order valence-corrected chi connectivity index (χ3v) is 1.62. The molecule has 0 aliphatic heterocycles. The molecule has 0 amide bonds. The third kappa shape index (κ3) is 2.60. The standard InChI is InChI=1S/C6H8ClN3.Na.H/c1-3-5(7)6(8)10-4(2)9-3;;/h1-2H3,(H2,8,9,10);;. The predicted octanol–water partition coefficient (Wildman–Crippen LogP) is 0.681. The van der Waals surface area contributed by atoms with Crippen molar-refractivity contribution in [2.75, 3.05) is 5.73 Å². The number of nitrogen functional groups attached to an aromatic ring is 1. The van der Waals surface area contributed by atoms with Crippen molar-refractivity contribution in [1.29, 1.82) is 0 Å². The van der Waals surface area contributed by atoms with Gasteiger partial charge < -0.3 is 5.73 Å². The van der Waals surface area contributed by atoms with Crippen LogP contribution < -0.4 is 5.73 Å². The molecule has 0 fully saturated rings. The molecule has 1 aromatic heterocycles. The quantitative estimate of drug-likeness (QED) is 0.599. The van der Waals surface area contributed by atoms with Crippen molar-refractivity contribution in [3.05, 3.63) is 16.5 Å². The topological polar surface area (TPSA) is 51.8 Å². The second kappa shape index (κ2) is 4.26. The van der Waals surface area contributed by atoms with E-state index in [2.05, 4.69) is 9.97 Å². The summed E-state index contributed by atoms with van der Waals surface area (Å²) in [6.07, 6.45) is 0. The molecule has 0 radical (unpaired) electrons. The van der Waals surface area contributed by atoms with E-state index in [9.17, 15) is 0 Å². The summed E-state index contributed by atoms with van der Waals surface area (Å²) in [5.41, 5.74) is 6.17. The monoisotopic (exact) mass is 181 g/mol. The molecule has 3 nitrogen and oxygen atoms in total. The Labute approximate surface area is 92.7 Å². The second-order valence-corrected chi connectivity index (χ2v) is 2.43. The predicted molar refractivity (Wildman–Crippen MR) is 48.1 cm³/mol. The van der Waals surface area contributed by atoms with Crippen LogP contribution in [0, 0.1) is 13.8 Å². The van der Waals surface area contributed by atoms with Gasteiger partial charge in [-0.2, -0.15) is 0 Å². The normalized spacial score (nSPS) is 9.00. The number of aromatic nitrogens is 2. The van der Waals surface area contributed by atoms with Gasteiger partial charge >= 0.3 is 29.6 Å². The number of hydrogen-bond acceptors (Lipinski definition) is 3. The van der Waals surface area contributed by atoms with E-state index in [1.165, 1.54) is 0 Å². The number of nitrogens with two attached hydrogens (primary N) is 1. The van der Waals surface area contributed by atoms with Gasteiger partial charge in [0.15, 0.2) is 0 Å². The van der Waals surface area contributed by atoms with Gasteiger partial charge in [0.05, 0.1) is 5.69 Å². The summed E-state index contributed by atoms with van der Waals surface area (Å²) in [5, 5.41) is 0.450. The number of anilines is 1. The molecule has 0 saturated heterocycles. The Hall–Kier alpha value is 0.170. The minimum absolute atomic E-state index is 0. The van der Waals surface area contributed by atoms with Crippen LogP contribution >= 0.6 is 11.6 Å². The Morgan fingerprint density at radius 1 is 1.27 bits per heavy atom. The number of rotatable bonds is 0. The van der Waals surface area contributed by atoms with E-state index in [-0.39, 0.29) is 29.6 Å². The Morgan fingerprint density at radius 2 is 1.82 bits per heavy atom. The van der Waals surface area contributed by atoms with Crippen LogP contribution in [0.25, 0.3) is 0 Å². The first-order valence-corrected chi connectivity index (χ1v) is 3.25. The van der Waals surface area contributed by atoms with E-state index in [0.717, 1.165) is 5.69 Å². The van der Waals surface area contributed by atoms with Crippen LogP contribution in [0.2, 0.25) is 5.02 Å². The fourth-order valence-corrected chi connectivity index (χ4v) is 0.810. The molecular formula is C6H9ClN3Na. The zero-order valence-corrected chi connectivity index (χ0v) is 6.61. The molecule has 1 rings (SSSR count). The van der Waals surface area contributed by atoms with Gasteiger partial charge in [0.25, 0.3) is 0 Å². The van der Waals surface area contributed by atoms with Crippen LogP contribution in [0.4, 0.5) is 5.82 Å². The van der Waals surface area contributed by atoms with Crippen LogP contribution in [0.1, 0.15) is 11.5 Å². The minimum atomic E-state index is 0. The second-order valence-electron chi connectivity index (χ2n) is 2.06. The van der Waals surface area contributed by atoms with Gasteiger partial charge in [-0.3, -0.25) is 0 Å². The molecule has 0 atom stereocenters. The Bertz CT molecular complexity index is 241. The van der Waals surface area contributed by atoms with Crippen LogP contribution in [0.5, 0.6) is 0 Å². The third-order valence-electron chi connectivity index (χ3n) is 1.15. The number of aryl methyl sites for hydroxylation is 2. The zero-order valence-electron chi connectivity index (χ0n) is 5.85. The van der Waals surface area contributed by atoms with Gasteiger partial charge in [0, 0.05) is 0 Å². The van der Waals surface area contributed by atoms with Crippen molar-refractivity contribution >= 4 is 47.0 Å². The Kier molecular flexibility index (Phi) is 4.32. The average molecular weight is 182 g/mol. The van der Waals surface area contributed by atoms with Crippen LogP contribution in [0.3, 0.4) is 0 Å². The first-order chi connectivity index (χ1) is 4.61. The van der Waals surface area contributed by atoms with E-state index < -0.39 is 0 Å². The fourth-order valence-electron chi connectivity index (χ4n) is 0.726. The summed E-state index contributed by atoms with van der Waals surface area (Å²) < 4.78 is 0. The summed E-state index contributed by atoms with van der Waals surface area (Å²) in [4.78, 5) is 7.88. The zero-order chi connectivity index (χ0) is 7.72. The van der Waals surface area contributed by atoms with Crippen molar-refractivity contribution in [2.45, 2.75) is 13.8 Å². The Morgan fingerprint density at radius 3 is 2.27 bits per heavy atom. The number of halogens is 1. The molecule has 2 N–H and O–H groups in total. The molecule has 1 heterocycles. The number of nitrogens with zero attached hydrogens (tertiary/aromatic N) is 2. The first kappa shape index (κ1) is 11.2. The SMILES string of the molecule is Cc1nc(C)c(Cl)c(N)n1.[NaH]. The Balaban J connectivity index is 0.000001000. The van der Waals surface area contributed by atoms with Crippen molar-refractivity contribution < 1.29 is 0 Å². The summed E-state index contributed by atoms with van der Waals surface area (Å²) in [7, 11) is 0. The van der Waals surface area contributed by atoms with Crippen molar-refractivity contribution in [1.82, 2.24) is 9.97 Å². The molecule has 0 aromatic carbocycles. The van der Waals surface area contributed by atoms with Gasteiger partial charge in [0.1, 0.15) is 16.7 Å². The molecule has 0 unspecified atom stereocenters. The summed E-state index contributed by atoms with van der Waals surface area (Å²) in [6.45, 7) is 3.58. The van der Waals surface area contributed by atoms with Gasteiger partial charge in [0.2, 0.25) is 0 Å². The molecule has 0 aliphatic carbocycles. The molecule has 0 spiro atoms. The van der Waals surface area contributed by atoms with Crippen LogP contribution in [0.15, 0.2) is 0 Å². The van der Waals surface area contributed by atoms with Crippen molar-refractivity contribution in [3.8, 4) is 0 Å². The molecule has 0 aliphatic rings. The van der Waals surface area contributed by atoms with Crippen LogP contribution in [-0.4, -0.2) is 39.5 Å². The van der Waals surface area contributed by atoms with Gasteiger partial charge in [-0.1, -0.05) is 11.6 Å². The molecule has 0 bridgehead atoms. The van der Waals surface area contributed by atoms with Gasteiger partial charge in [-0.25, -0.2) is 9.97 Å². The van der Waals surface area contributed by atoms with E-state index >= 15 is 0 Å². The summed E-state index contributed by atoms with van der Waals surface area (Å²) >= 11 is 5.70. The molecule has 56 valence electrons. The maximum absolute atomic E-state index is 5.70. The fraction of sp³-hybridized carbons (Fsp3) is 0.333. The van der Waals surface area contributed by atoms with Crippen molar-refractivity contribution in [3.63, 3.8) is 0 Å². The summed E-state index contributed by atoms with van der Waals surface area (Å²) in [5.74, 6) is 1.01. The van der Waals surface area contributed by atoms with E-state index in [4.69, 9.17) is 17.3 Å². The molecule has 0 saturated carbocycles. The summed E-state index contributed by atoms with van der Waals surface area (Å²) in [6, 6.07) is 0. The first-order valence-electron chi connectivity index (χ1n) is 2.87.